The van der Waals surface area contributed by atoms with Crippen LogP contribution in [-0.4, -0.2) is 41.3 Å². The molecule has 1 aromatic heterocycles. The van der Waals surface area contributed by atoms with Gasteiger partial charge < -0.3 is 9.47 Å². The van der Waals surface area contributed by atoms with Gasteiger partial charge >= 0.3 is 0 Å². The van der Waals surface area contributed by atoms with Crippen molar-refractivity contribution in [3.05, 3.63) is 72.8 Å². The summed E-state index contributed by atoms with van der Waals surface area (Å²) in [6.45, 7) is 0. The standard InChI is InChI=1S/C22H20N4O6S2/c1-31-15-7-11-17(12-8-15)33(27,28)25-21-19-5-3-4-6-20(19)22(24-23-21)26-34(29,30)18-13-9-16(32-2)10-14-18/h3-14H,1-2H3,(H,23,25)(H,24,26). The second-order valence-electron chi connectivity index (χ2n) is 7.00. The minimum absolute atomic E-state index is 0.00321. The quantitative estimate of drug-likeness (QED) is 0.376. The minimum atomic E-state index is -3.99. The van der Waals surface area contributed by atoms with E-state index < -0.39 is 20.0 Å². The number of methoxy groups -OCH3 is 2. The summed E-state index contributed by atoms with van der Waals surface area (Å²) in [7, 11) is -5.01. The maximum atomic E-state index is 12.9. The van der Waals surface area contributed by atoms with Crippen molar-refractivity contribution in [2.45, 2.75) is 9.79 Å². The van der Waals surface area contributed by atoms with Gasteiger partial charge in [0, 0.05) is 10.8 Å². The molecule has 34 heavy (non-hydrogen) atoms. The van der Waals surface area contributed by atoms with Crippen LogP contribution in [0, 0.1) is 0 Å². The molecular weight excluding hydrogens is 480 g/mol. The number of nitrogens with zero attached hydrogens (tertiary/aromatic N) is 2. The average Bonchev–Trinajstić information content (AvgIpc) is 2.85. The van der Waals surface area contributed by atoms with E-state index in [-0.39, 0.29) is 21.4 Å². The van der Waals surface area contributed by atoms with E-state index in [0.717, 1.165) is 0 Å². The molecule has 0 aliphatic heterocycles. The molecule has 0 saturated heterocycles. The van der Waals surface area contributed by atoms with E-state index in [4.69, 9.17) is 9.47 Å². The number of fused-ring (bicyclic) bond motifs is 1. The molecule has 4 rings (SSSR count). The molecule has 0 fully saturated rings. The van der Waals surface area contributed by atoms with Gasteiger partial charge in [-0.15, -0.1) is 10.2 Å². The van der Waals surface area contributed by atoms with Crippen molar-refractivity contribution in [3.63, 3.8) is 0 Å². The first-order valence-corrected chi connectivity index (χ1v) is 12.8. The number of nitrogens with one attached hydrogen (secondary N) is 2. The first kappa shape index (κ1) is 23.3. The van der Waals surface area contributed by atoms with Crippen molar-refractivity contribution in [1.82, 2.24) is 10.2 Å². The Bertz CT molecular complexity index is 1420. The van der Waals surface area contributed by atoms with Crippen molar-refractivity contribution < 1.29 is 26.3 Å². The van der Waals surface area contributed by atoms with Gasteiger partial charge in [-0.2, -0.15) is 0 Å². The zero-order valence-corrected chi connectivity index (χ0v) is 19.7. The lowest BCUT2D eigenvalue weighted by Gasteiger charge is -2.13. The van der Waals surface area contributed by atoms with E-state index in [0.29, 0.717) is 22.3 Å². The van der Waals surface area contributed by atoms with Crippen LogP contribution in [0.4, 0.5) is 11.6 Å². The Hall–Kier alpha value is -3.90. The van der Waals surface area contributed by atoms with Crippen molar-refractivity contribution in [1.29, 1.82) is 0 Å². The molecule has 0 bridgehead atoms. The predicted molar refractivity (Wildman–Crippen MR) is 127 cm³/mol. The number of benzene rings is 3. The molecule has 0 spiro atoms. The smallest absolute Gasteiger partial charge is 0.263 e. The maximum Gasteiger partial charge on any atom is 0.263 e. The molecule has 3 aromatic carbocycles. The van der Waals surface area contributed by atoms with Crippen LogP contribution in [0.3, 0.4) is 0 Å². The highest BCUT2D eigenvalue weighted by Gasteiger charge is 2.21. The van der Waals surface area contributed by atoms with E-state index in [1.54, 1.807) is 24.3 Å². The number of ether oxygens (including phenoxy) is 2. The molecule has 0 aliphatic carbocycles. The molecule has 0 saturated carbocycles. The first-order chi connectivity index (χ1) is 16.2. The van der Waals surface area contributed by atoms with Crippen LogP contribution in [0.25, 0.3) is 10.8 Å². The first-order valence-electron chi connectivity index (χ1n) is 9.83. The van der Waals surface area contributed by atoms with E-state index in [1.807, 2.05) is 0 Å². The Labute approximate surface area is 196 Å². The number of aromatic nitrogens is 2. The predicted octanol–water partition coefficient (Wildman–Crippen LogP) is 3.25. The Kier molecular flexibility index (Phi) is 6.26. The van der Waals surface area contributed by atoms with E-state index in [1.165, 1.54) is 62.8 Å². The highest BCUT2D eigenvalue weighted by atomic mass is 32.2. The van der Waals surface area contributed by atoms with Gasteiger partial charge in [0.25, 0.3) is 20.0 Å². The molecule has 12 heteroatoms. The van der Waals surface area contributed by atoms with Crippen LogP contribution in [0.15, 0.2) is 82.6 Å². The number of sulfonamides is 2. The molecule has 10 nitrogen and oxygen atoms in total. The molecule has 0 radical (unpaired) electrons. The second-order valence-corrected chi connectivity index (χ2v) is 10.4. The zero-order chi connectivity index (χ0) is 24.3. The van der Waals surface area contributed by atoms with Crippen LogP contribution in [-0.2, 0) is 20.0 Å². The van der Waals surface area contributed by atoms with Crippen molar-refractivity contribution in [2.75, 3.05) is 23.7 Å². The summed E-state index contributed by atoms with van der Waals surface area (Å²) in [6, 6.07) is 18.3. The van der Waals surface area contributed by atoms with E-state index >= 15 is 0 Å². The summed E-state index contributed by atoms with van der Waals surface area (Å²) < 4.78 is 66.4. The molecule has 0 amide bonds. The third kappa shape index (κ3) is 4.72. The molecular formula is C22H20N4O6S2. The zero-order valence-electron chi connectivity index (χ0n) is 18.1. The average molecular weight is 501 g/mol. The van der Waals surface area contributed by atoms with Gasteiger partial charge in [0.05, 0.1) is 24.0 Å². The lowest BCUT2D eigenvalue weighted by Crippen LogP contribution is -2.17. The molecule has 176 valence electrons. The molecule has 2 N–H and O–H groups in total. The lowest BCUT2D eigenvalue weighted by molar-refractivity contribution is 0.414. The maximum absolute atomic E-state index is 12.9. The van der Waals surface area contributed by atoms with Crippen LogP contribution in [0.2, 0.25) is 0 Å². The van der Waals surface area contributed by atoms with Crippen molar-refractivity contribution >= 4 is 42.5 Å². The fraction of sp³-hybridized carbons (Fsp3) is 0.0909. The number of hydrogen-bond donors (Lipinski definition) is 2. The number of rotatable bonds is 8. The molecule has 0 aliphatic rings. The Morgan fingerprint density at radius 3 is 1.26 bits per heavy atom. The van der Waals surface area contributed by atoms with Gasteiger partial charge in [0.15, 0.2) is 11.6 Å². The summed E-state index contributed by atoms with van der Waals surface area (Å²) in [5.41, 5.74) is 0. The molecule has 0 unspecified atom stereocenters. The van der Waals surface area contributed by atoms with Crippen molar-refractivity contribution in [2.24, 2.45) is 0 Å². The largest absolute Gasteiger partial charge is 0.497 e. The summed E-state index contributed by atoms with van der Waals surface area (Å²) in [4.78, 5) is 0.00642. The summed E-state index contributed by atoms with van der Waals surface area (Å²) in [6.07, 6.45) is 0. The van der Waals surface area contributed by atoms with Crippen LogP contribution < -0.4 is 18.9 Å². The Morgan fingerprint density at radius 2 is 0.941 bits per heavy atom. The summed E-state index contributed by atoms with van der Waals surface area (Å²) in [5, 5.41) is 8.62. The van der Waals surface area contributed by atoms with Gasteiger partial charge in [-0.1, -0.05) is 24.3 Å². The molecule has 1 heterocycles. The fourth-order valence-corrected chi connectivity index (χ4v) is 5.17. The Morgan fingerprint density at radius 1 is 0.588 bits per heavy atom. The van der Waals surface area contributed by atoms with E-state index in [2.05, 4.69) is 19.6 Å². The normalized spacial score (nSPS) is 11.7. The highest BCUT2D eigenvalue weighted by Crippen LogP contribution is 2.29. The SMILES string of the molecule is COc1ccc(S(=O)(=O)Nc2nnc(NS(=O)(=O)c3ccc(OC)cc3)c3ccccc23)cc1. The van der Waals surface area contributed by atoms with Gasteiger partial charge in [-0.05, 0) is 48.5 Å². The monoisotopic (exact) mass is 500 g/mol. The second kappa shape index (κ2) is 9.15. The minimum Gasteiger partial charge on any atom is -0.497 e. The van der Waals surface area contributed by atoms with E-state index in [9.17, 15) is 16.8 Å². The van der Waals surface area contributed by atoms with Crippen LogP contribution >= 0.6 is 0 Å². The molecule has 0 atom stereocenters. The van der Waals surface area contributed by atoms with Crippen LogP contribution in [0.5, 0.6) is 11.5 Å². The summed E-state index contributed by atoms with van der Waals surface area (Å²) >= 11 is 0. The van der Waals surface area contributed by atoms with Crippen molar-refractivity contribution in [3.8, 4) is 11.5 Å². The highest BCUT2D eigenvalue weighted by molar-refractivity contribution is 7.93. The lowest BCUT2D eigenvalue weighted by atomic mass is 10.2. The summed E-state index contributed by atoms with van der Waals surface area (Å²) in [5.74, 6) is 0.938. The van der Waals surface area contributed by atoms with Gasteiger partial charge in [-0.3, -0.25) is 9.44 Å². The van der Waals surface area contributed by atoms with Gasteiger partial charge in [-0.25, -0.2) is 16.8 Å². The topological polar surface area (TPSA) is 137 Å². The number of hydrogen-bond acceptors (Lipinski definition) is 8. The third-order valence-corrected chi connectivity index (χ3v) is 7.60. The Balaban J connectivity index is 1.68. The molecule has 4 aromatic rings. The number of anilines is 2. The fourth-order valence-electron chi connectivity index (χ4n) is 3.14. The van der Waals surface area contributed by atoms with Crippen LogP contribution in [0.1, 0.15) is 0 Å². The third-order valence-electron chi connectivity index (χ3n) is 4.89. The van der Waals surface area contributed by atoms with Gasteiger partial charge in [0.1, 0.15) is 11.5 Å². The van der Waals surface area contributed by atoms with Gasteiger partial charge in [0.2, 0.25) is 0 Å².